The number of nitrogens with two attached hydrogens (primary N) is 1. The molecule has 0 saturated heterocycles. The van der Waals surface area contributed by atoms with Gasteiger partial charge in [-0.05, 0) is 49.7 Å². The quantitative estimate of drug-likeness (QED) is 0.382. The minimum atomic E-state index is -1.05. The smallest absolute Gasteiger partial charge is 0.338 e. The summed E-state index contributed by atoms with van der Waals surface area (Å²) in [6.07, 6.45) is 0. The summed E-state index contributed by atoms with van der Waals surface area (Å²) < 4.78 is 23.9. The Labute approximate surface area is 187 Å². The molecule has 0 aromatic heterocycles. The molecule has 1 heterocycles. The molecule has 3 rings (SSSR count). The fraction of sp³-hybridized carbons (Fsp3) is 0.182. The maximum absolute atomic E-state index is 13.3. The van der Waals surface area contributed by atoms with E-state index in [9.17, 15) is 24.6 Å². The number of allylic oxidation sites excluding steroid dienone is 2. The molecule has 164 valence electrons. The summed E-state index contributed by atoms with van der Waals surface area (Å²) in [4.78, 5) is 24.8. The predicted octanol–water partition coefficient (Wildman–Crippen LogP) is 4.53. The molecule has 1 atom stereocenters. The highest BCUT2D eigenvalue weighted by Crippen LogP contribution is 2.45. The Bertz CT molecular complexity index is 1190. The highest BCUT2D eigenvalue weighted by atomic mass is 32.2. The first kappa shape index (κ1) is 22.8. The van der Waals surface area contributed by atoms with Gasteiger partial charge in [-0.15, -0.1) is 0 Å². The molecule has 0 aliphatic carbocycles. The number of carbonyl (C=O) groups excluding carboxylic acids is 1. The first-order valence-electron chi connectivity index (χ1n) is 9.44. The van der Waals surface area contributed by atoms with E-state index >= 15 is 0 Å². The van der Waals surface area contributed by atoms with E-state index < -0.39 is 22.6 Å². The summed E-state index contributed by atoms with van der Waals surface area (Å²) in [5, 5.41) is 21.2. The lowest BCUT2D eigenvalue weighted by Crippen LogP contribution is -2.26. The van der Waals surface area contributed by atoms with Crippen molar-refractivity contribution in [3.63, 3.8) is 0 Å². The summed E-state index contributed by atoms with van der Waals surface area (Å²) in [6.45, 7) is 3.21. The van der Waals surface area contributed by atoms with Crippen LogP contribution in [0.2, 0.25) is 0 Å². The molecule has 0 bridgehead atoms. The molecule has 2 aromatic carbocycles. The summed E-state index contributed by atoms with van der Waals surface area (Å²) in [5.41, 5.74) is 5.96. The topological polar surface area (TPSA) is 128 Å². The highest BCUT2D eigenvalue weighted by Gasteiger charge is 2.38. The Balaban J connectivity index is 2.24. The fourth-order valence-corrected chi connectivity index (χ4v) is 4.22. The fourth-order valence-electron chi connectivity index (χ4n) is 3.26. The van der Waals surface area contributed by atoms with Gasteiger partial charge in [0.25, 0.3) is 5.69 Å². The van der Waals surface area contributed by atoms with E-state index in [1.807, 2.05) is 6.07 Å². The van der Waals surface area contributed by atoms with Crippen LogP contribution in [-0.4, -0.2) is 17.5 Å². The molecule has 8 nitrogen and oxygen atoms in total. The zero-order valence-corrected chi connectivity index (χ0v) is 17.9. The van der Waals surface area contributed by atoms with Crippen LogP contribution in [0.3, 0.4) is 0 Å². The number of nitriles is 1. The number of halogens is 1. The first-order chi connectivity index (χ1) is 15.3. The summed E-state index contributed by atoms with van der Waals surface area (Å²) in [7, 11) is 0. The molecule has 0 spiro atoms. The predicted molar refractivity (Wildman–Crippen MR) is 114 cm³/mol. The molecule has 1 aliphatic heterocycles. The average molecular weight is 455 g/mol. The zero-order chi connectivity index (χ0) is 23.4. The van der Waals surface area contributed by atoms with Crippen LogP contribution in [0, 0.1) is 27.3 Å². The lowest BCUT2D eigenvalue weighted by Gasteiger charge is -2.28. The molecule has 0 radical (unpaired) electrons. The molecule has 0 saturated carbocycles. The third-order valence-corrected chi connectivity index (χ3v) is 5.76. The highest BCUT2D eigenvalue weighted by molar-refractivity contribution is 7.99. The largest absolute Gasteiger partial charge is 0.463 e. The van der Waals surface area contributed by atoms with E-state index in [2.05, 4.69) is 0 Å². The second kappa shape index (κ2) is 9.53. The molecule has 2 N–H and O–H groups in total. The Hall–Kier alpha value is -3.84. The van der Waals surface area contributed by atoms with Crippen LogP contribution in [0.15, 0.2) is 75.0 Å². The minimum Gasteiger partial charge on any atom is -0.463 e. The molecule has 2 aromatic rings. The Morgan fingerprint density at radius 2 is 2.03 bits per heavy atom. The average Bonchev–Trinajstić information content (AvgIpc) is 2.75. The van der Waals surface area contributed by atoms with Gasteiger partial charge in [-0.3, -0.25) is 10.1 Å². The van der Waals surface area contributed by atoms with Crippen molar-refractivity contribution in [2.24, 2.45) is 5.73 Å². The van der Waals surface area contributed by atoms with Crippen LogP contribution in [-0.2, 0) is 14.3 Å². The number of nitrogens with zero attached hydrogens (tertiary/aromatic N) is 2. The Kier molecular flexibility index (Phi) is 6.80. The first-order valence-corrected chi connectivity index (χ1v) is 10.3. The van der Waals surface area contributed by atoms with Crippen LogP contribution >= 0.6 is 11.8 Å². The number of nitro groups is 1. The van der Waals surface area contributed by atoms with Gasteiger partial charge in [0.1, 0.15) is 23.2 Å². The molecule has 32 heavy (non-hydrogen) atoms. The zero-order valence-electron chi connectivity index (χ0n) is 17.1. The molecule has 10 heteroatoms. The Morgan fingerprint density at radius 3 is 2.62 bits per heavy atom. The minimum absolute atomic E-state index is 0.0269. The van der Waals surface area contributed by atoms with Gasteiger partial charge in [0.15, 0.2) is 0 Å². The number of hydrogen-bond acceptors (Lipinski definition) is 8. The number of ether oxygens (including phenoxy) is 2. The molecule has 0 fully saturated rings. The SMILES string of the molecule is CCOC(=O)C1=C(C)OC(N)=C(C#N)C1c1cc([N+](=O)[O-])ccc1Sc1ccc(F)cc1. The molecule has 0 amide bonds. The standard InChI is InChI=1S/C22H18FN3O5S/c1-3-30-22(27)19-12(2)31-21(25)17(11-24)20(19)16-10-14(26(28)29)6-9-18(16)32-15-7-4-13(23)5-8-15/h4-10,20H,3,25H2,1-2H3. The van der Waals surface area contributed by atoms with E-state index in [0.29, 0.717) is 15.4 Å². The number of hydrogen-bond donors (Lipinski definition) is 1. The van der Waals surface area contributed by atoms with Crippen LogP contribution in [0.25, 0.3) is 0 Å². The number of non-ortho nitro benzene ring substituents is 1. The number of esters is 1. The number of benzene rings is 2. The van der Waals surface area contributed by atoms with Crippen LogP contribution < -0.4 is 5.73 Å². The van der Waals surface area contributed by atoms with E-state index in [1.54, 1.807) is 19.1 Å². The van der Waals surface area contributed by atoms with Crippen molar-refractivity contribution in [1.29, 1.82) is 5.26 Å². The van der Waals surface area contributed by atoms with Crippen molar-refractivity contribution >= 4 is 23.4 Å². The molecule has 1 aliphatic rings. The second-order valence-electron chi connectivity index (χ2n) is 6.65. The van der Waals surface area contributed by atoms with Crippen LogP contribution in [0.1, 0.15) is 25.3 Å². The van der Waals surface area contributed by atoms with Gasteiger partial charge >= 0.3 is 5.97 Å². The van der Waals surface area contributed by atoms with E-state index in [0.717, 1.165) is 0 Å². The van der Waals surface area contributed by atoms with E-state index in [-0.39, 0.29) is 35.1 Å². The molecular formula is C22H18FN3O5S. The van der Waals surface area contributed by atoms with Crippen molar-refractivity contribution in [1.82, 2.24) is 0 Å². The summed E-state index contributed by atoms with van der Waals surface area (Å²) >= 11 is 1.20. The monoisotopic (exact) mass is 455 g/mol. The van der Waals surface area contributed by atoms with Gasteiger partial charge < -0.3 is 15.2 Å². The molecule has 1 unspecified atom stereocenters. The number of carbonyl (C=O) groups is 1. The maximum atomic E-state index is 13.3. The third kappa shape index (κ3) is 4.58. The summed E-state index contributed by atoms with van der Waals surface area (Å²) in [6, 6.07) is 11.8. The lowest BCUT2D eigenvalue weighted by molar-refractivity contribution is -0.385. The van der Waals surface area contributed by atoms with Gasteiger partial charge in [0, 0.05) is 21.9 Å². The normalized spacial score (nSPS) is 15.8. The van der Waals surface area contributed by atoms with Gasteiger partial charge in [0.05, 0.1) is 23.0 Å². The van der Waals surface area contributed by atoms with Gasteiger partial charge in [-0.25, -0.2) is 9.18 Å². The van der Waals surface area contributed by atoms with Crippen molar-refractivity contribution < 1.29 is 23.6 Å². The van der Waals surface area contributed by atoms with E-state index in [1.165, 1.54) is 49.0 Å². The maximum Gasteiger partial charge on any atom is 0.338 e. The van der Waals surface area contributed by atoms with Crippen LogP contribution in [0.5, 0.6) is 0 Å². The van der Waals surface area contributed by atoms with Gasteiger partial charge in [0.2, 0.25) is 5.88 Å². The second-order valence-corrected chi connectivity index (χ2v) is 7.77. The van der Waals surface area contributed by atoms with Crippen molar-refractivity contribution in [3.8, 4) is 6.07 Å². The van der Waals surface area contributed by atoms with E-state index in [4.69, 9.17) is 15.2 Å². The van der Waals surface area contributed by atoms with Crippen molar-refractivity contribution in [2.45, 2.75) is 29.6 Å². The third-order valence-electron chi connectivity index (χ3n) is 4.66. The van der Waals surface area contributed by atoms with Crippen LogP contribution in [0.4, 0.5) is 10.1 Å². The van der Waals surface area contributed by atoms with Crippen molar-refractivity contribution in [2.75, 3.05) is 6.61 Å². The number of rotatable bonds is 6. The Morgan fingerprint density at radius 1 is 1.34 bits per heavy atom. The van der Waals surface area contributed by atoms with Gasteiger partial charge in [-0.2, -0.15) is 5.26 Å². The molecular weight excluding hydrogens is 437 g/mol. The lowest BCUT2D eigenvalue weighted by atomic mass is 9.83. The summed E-state index contributed by atoms with van der Waals surface area (Å²) in [5.74, 6) is -2.25. The van der Waals surface area contributed by atoms with Crippen molar-refractivity contribution in [3.05, 3.63) is 86.7 Å². The number of nitro benzene ring substituents is 1. The van der Waals surface area contributed by atoms with Gasteiger partial charge in [-0.1, -0.05) is 11.8 Å².